The molecule has 0 saturated carbocycles. The molecule has 0 spiro atoms. The minimum absolute atomic E-state index is 0.143. The Bertz CT molecular complexity index is 350. The van der Waals surface area contributed by atoms with Crippen molar-refractivity contribution < 1.29 is 9.90 Å². The van der Waals surface area contributed by atoms with E-state index in [4.69, 9.17) is 5.73 Å². The number of hydrogen-bond acceptors (Lipinski definition) is 3. The molecule has 15 heavy (non-hydrogen) atoms. The lowest BCUT2D eigenvalue weighted by Crippen LogP contribution is -2.31. The number of nitrogens with two attached hydrogens (primary N) is 1. The molecule has 3 N–H and O–H groups in total. The van der Waals surface area contributed by atoms with Crippen LogP contribution in [0.15, 0.2) is 24.3 Å². The molecule has 1 amide bonds. The molecule has 4 heteroatoms. The maximum Gasteiger partial charge on any atom is 0.236 e. The van der Waals surface area contributed by atoms with Crippen molar-refractivity contribution in [3.63, 3.8) is 0 Å². The van der Waals surface area contributed by atoms with Gasteiger partial charge in [0.1, 0.15) is 0 Å². The highest BCUT2D eigenvalue weighted by Gasteiger charge is 2.11. The second kappa shape index (κ2) is 4.79. The van der Waals surface area contributed by atoms with Crippen LogP contribution in [0.4, 0.5) is 5.69 Å². The summed E-state index contributed by atoms with van der Waals surface area (Å²) >= 11 is 0. The molecule has 0 aliphatic carbocycles. The minimum atomic E-state index is -0.559. The van der Waals surface area contributed by atoms with Crippen molar-refractivity contribution in [2.75, 3.05) is 18.5 Å². The molecule has 1 atom stereocenters. The van der Waals surface area contributed by atoms with Crippen LogP contribution in [-0.2, 0) is 4.79 Å². The van der Waals surface area contributed by atoms with Gasteiger partial charge >= 0.3 is 0 Å². The van der Waals surface area contributed by atoms with Crippen molar-refractivity contribution >= 4 is 11.6 Å². The van der Waals surface area contributed by atoms with Crippen molar-refractivity contribution in [1.29, 1.82) is 0 Å². The lowest BCUT2D eigenvalue weighted by Gasteiger charge is -2.22. The van der Waals surface area contributed by atoms with Crippen molar-refractivity contribution in [3.8, 4) is 0 Å². The zero-order valence-corrected chi connectivity index (χ0v) is 8.97. The fourth-order valence-electron chi connectivity index (χ4n) is 1.51. The van der Waals surface area contributed by atoms with Gasteiger partial charge in [0, 0.05) is 18.3 Å². The van der Waals surface area contributed by atoms with Crippen LogP contribution >= 0.6 is 0 Å². The maximum absolute atomic E-state index is 10.8. The summed E-state index contributed by atoms with van der Waals surface area (Å²) in [4.78, 5) is 12.5. The molecule has 0 unspecified atom stereocenters. The van der Waals surface area contributed by atoms with Gasteiger partial charge in [-0.05, 0) is 13.0 Å². The van der Waals surface area contributed by atoms with E-state index < -0.39 is 12.0 Å². The Morgan fingerprint density at radius 2 is 2.13 bits per heavy atom. The third-order valence-corrected chi connectivity index (χ3v) is 2.19. The fourth-order valence-corrected chi connectivity index (χ4v) is 1.51. The Morgan fingerprint density at radius 3 is 2.67 bits per heavy atom. The van der Waals surface area contributed by atoms with Crippen molar-refractivity contribution in [3.05, 3.63) is 29.8 Å². The van der Waals surface area contributed by atoms with Gasteiger partial charge in [-0.25, -0.2) is 0 Å². The first-order chi connectivity index (χ1) is 7.02. The second-order valence-electron chi connectivity index (χ2n) is 3.56. The van der Waals surface area contributed by atoms with Crippen molar-refractivity contribution in [1.82, 2.24) is 0 Å². The SMILES string of the molecule is C[C@H](O)c1ccccc1N(C)CC(N)=O. The van der Waals surface area contributed by atoms with Gasteiger partial charge in [0.15, 0.2) is 0 Å². The van der Waals surface area contributed by atoms with Crippen LogP contribution in [0.1, 0.15) is 18.6 Å². The Kier molecular flexibility index (Phi) is 3.68. The van der Waals surface area contributed by atoms with Gasteiger partial charge in [-0.2, -0.15) is 0 Å². The molecular weight excluding hydrogens is 192 g/mol. The predicted octanol–water partition coefficient (Wildman–Crippen LogP) is 0.661. The van der Waals surface area contributed by atoms with Gasteiger partial charge in [-0.1, -0.05) is 18.2 Å². The number of anilines is 1. The normalized spacial score (nSPS) is 12.2. The number of primary amides is 1. The van der Waals surface area contributed by atoms with E-state index in [2.05, 4.69) is 0 Å². The van der Waals surface area contributed by atoms with Crippen molar-refractivity contribution in [2.24, 2.45) is 5.73 Å². The zero-order valence-electron chi connectivity index (χ0n) is 8.97. The van der Waals surface area contributed by atoms with E-state index in [0.29, 0.717) is 0 Å². The minimum Gasteiger partial charge on any atom is -0.389 e. The number of hydrogen-bond donors (Lipinski definition) is 2. The lowest BCUT2D eigenvalue weighted by atomic mass is 10.1. The van der Waals surface area contributed by atoms with Crippen LogP contribution in [0.3, 0.4) is 0 Å². The Morgan fingerprint density at radius 1 is 1.53 bits per heavy atom. The van der Waals surface area contributed by atoms with Gasteiger partial charge in [0.05, 0.1) is 12.6 Å². The Balaban J connectivity index is 2.97. The third kappa shape index (κ3) is 2.95. The lowest BCUT2D eigenvalue weighted by molar-refractivity contribution is -0.116. The number of aliphatic hydroxyl groups is 1. The molecule has 0 aliphatic heterocycles. The Hall–Kier alpha value is -1.55. The quantitative estimate of drug-likeness (QED) is 0.764. The molecule has 0 aromatic heterocycles. The number of rotatable bonds is 4. The molecule has 1 aromatic rings. The van der Waals surface area contributed by atoms with Gasteiger partial charge in [0.25, 0.3) is 0 Å². The van der Waals surface area contributed by atoms with Crippen LogP contribution in [0.2, 0.25) is 0 Å². The molecular formula is C11H16N2O2. The number of likely N-dealkylation sites (N-methyl/N-ethyl adjacent to an activating group) is 1. The van der Waals surface area contributed by atoms with E-state index in [1.807, 2.05) is 24.3 Å². The number of carbonyl (C=O) groups is 1. The van der Waals surface area contributed by atoms with E-state index in [1.54, 1.807) is 18.9 Å². The molecule has 0 radical (unpaired) electrons. The predicted molar refractivity (Wildman–Crippen MR) is 59.5 cm³/mol. The van der Waals surface area contributed by atoms with Gasteiger partial charge in [0.2, 0.25) is 5.91 Å². The highest BCUT2D eigenvalue weighted by Crippen LogP contribution is 2.24. The van der Waals surface area contributed by atoms with Crippen LogP contribution in [0.25, 0.3) is 0 Å². The number of aliphatic hydroxyl groups excluding tert-OH is 1. The summed E-state index contributed by atoms with van der Waals surface area (Å²) in [6, 6.07) is 7.39. The first-order valence-corrected chi connectivity index (χ1v) is 4.78. The average molecular weight is 208 g/mol. The van der Waals surface area contributed by atoms with Gasteiger partial charge in [-0.3, -0.25) is 4.79 Å². The standard InChI is InChI=1S/C11H16N2O2/c1-8(14)9-5-3-4-6-10(9)13(2)7-11(12)15/h3-6,8,14H,7H2,1-2H3,(H2,12,15)/t8-/m0/s1. The fraction of sp³-hybridized carbons (Fsp3) is 0.364. The maximum atomic E-state index is 10.8. The number of benzene rings is 1. The second-order valence-corrected chi connectivity index (χ2v) is 3.56. The van der Waals surface area contributed by atoms with Crippen LogP contribution in [-0.4, -0.2) is 24.6 Å². The van der Waals surface area contributed by atoms with Gasteiger partial charge < -0.3 is 15.7 Å². The van der Waals surface area contributed by atoms with Crippen molar-refractivity contribution in [2.45, 2.75) is 13.0 Å². The molecule has 0 aliphatic rings. The molecule has 1 aromatic carbocycles. The topological polar surface area (TPSA) is 66.6 Å². The average Bonchev–Trinajstić information content (AvgIpc) is 2.16. The number of para-hydroxylation sites is 1. The summed E-state index contributed by atoms with van der Waals surface area (Å²) in [7, 11) is 1.77. The summed E-state index contributed by atoms with van der Waals surface area (Å²) in [6.45, 7) is 1.83. The van der Waals surface area contributed by atoms with Gasteiger partial charge in [-0.15, -0.1) is 0 Å². The monoisotopic (exact) mass is 208 g/mol. The molecule has 0 fully saturated rings. The first-order valence-electron chi connectivity index (χ1n) is 4.78. The molecule has 1 rings (SSSR count). The zero-order chi connectivity index (χ0) is 11.4. The molecule has 0 heterocycles. The van der Waals surface area contributed by atoms with E-state index >= 15 is 0 Å². The summed E-state index contributed by atoms with van der Waals surface area (Å²) in [5.41, 5.74) is 6.73. The number of amides is 1. The van der Waals surface area contributed by atoms with E-state index in [-0.39, 0.29) is 6.54 Å². The first kappa shape index (κ1) is 11.5. The summed E-state index contributed by atoms with van der Waals surface area (Å²) < 4.78 is 0. The third-order valence-electron chi connectivity index (χ3n) is 2.19. The molecule has 0 saturated heterocycles. The summed E-state index contributed by atoms with van der Waals surface area (Å²) in [5, 5.41) is 9.54. The summed E-state index contributed by atoms with van der Waals surface area (Å²) in [5.74, 6) is -0.391. The van der Waals surface area contributed by atoms with Crippen LogP contribution in [0.5, 0.6) is 0 Å². The highest BCUT2D eigenvalue weighted by atomic mass is 16.3. The van der Waals surface area contributed by atoms with Crippen LogP contribution in [0, 0.1) is 0 Å². The largest absolute Gasteiger partial charge is 0.389 e. The summed E-state index contributed by atoms with van der Waals surface area (Å²) in [6.07, 6.45) is -0.559. The number of nitrogens with zero attached hydrogens (tertiary/aromatic N) is 1. The molecule has 4 nitrogen and oxygen atoms in total. The molecule has 82 valence electrons. The Labute approximate surface area is 89.3 Å². The number of carbonyl (C=O) groups excluding carboxylic acids is 1. The molecule has 0 bridgehead atoms. The highest BCUT2D eigenvalue weighted by molar-refractivity contribution is 5.79. The van der Waals surface area contributed by atoms with E-state index in [1.165, 1.54) is 0 Å². The van der Waals surface area contributed by atoms with Crippen LogP contribution < -0.4 is 10.6 Å². The van der Waals surface area contributed by atoms with E-state index in [9.17, 15) is 9.90 Å². The smallest absolute Gasteiger partial charge is 0.236 e. The van der Waals surface area contributed by atoms with E-state index in [0.717, 1.165) is 11.3 Å².